The molecule has 2 bridgehead atoms. The fraction of sp³-hybridized carbons (Fsp3) is 0.520. The Balaban J connectivity index is 1.46. The maximum Gasteiger partial charge on any atom is 0.303 e. The first-order valence-electron chi connectivity index (χ1n) is 11.1. The summed E-state index contributed by atoms with van der Waals surface area (Å²) in [7, 11) is 0. The van der Waals surface area contributed by atoms with E-state index in [1.807, 2.05) is 11.4 Å². The van der Waals surface area contributed by atoms with E-state index in [9.17, 15) is 14.7 Å². The molecule has 4 atom stereocenters. The first-order valence-corrected chi connectivity index (χ1v) is 12.0. The molecule has 3 N–H and O–H groups in total. The number of carboxylic acid groups (broad SMARTS) is 1. The molecule has 3 fully saturated rings. The van der Waals surface area contributed by atoms with Gasteiger partial charge >= 0.3 is 5.97 Å². The Morgan fingerprint density at radius 3 is 2.81 bits per heavy atom. The second kappa shape index (κ2) is 8.65. The second-order valence-electron chi connectivity index (χ2n) is 9.68. The summed E-state index contributed by atoms with van der Waals surface area (Å²) < 4.78 is 0.997. The van der Waals surface area contributed by atoms with Crippen LogP contribution < -0.4 is 5.32 Å². The van der Waals surface area contributed by atoms with Gasteiger partial charge in [0.15, 0.2) is 0 Å². The lowest BCUT2D eigenvalue weighted by atomic mass is 9.44. The lowest BCUT2D eigenvalue weighted by molar-refractivity contribution is -0.137. The number of carbonyl (C=O) groups excluding carboxylic acids is 1. The highest BCUT2D eigenvalue weighted by Crippen LogP contribution is 2.61. The van der Waals surface area contributed by atoms with Crippen LogP contribution in [-0.2, 0) is 4.79 Å². The van der Waals surface area contributed by atoms with Gasteiger partial charge in [-0.15, -0.1) is 11.3 Å². The number of fused-ring (bicyclic) bond motifs is 3. The Hall–Kier alpha value is -2.34. The molecule has 3 aliphatic carbocycles. The standard InChI is InChI=1S/C25H31NO4S/c1-25(2)16-11-15(7-5-3-4-6-8-22(28)29)23(20(25)12-16)26-24(30)19-14-31-21-10-9-17(27)13-18(19)21/h3,5,9-10,13-16,20,23,27H,4,6-8,11-12H2,1-2H3,(H,26,30)(H,28,29)/b5-3-/t15-,16?,20?,23+/m0/s1. The van der Waals surface area contributed by atoms with Crippen molar-refractivity contribution in [1.29, 1.82) is 0 Å². The van der Waals surface area contributed by atoms with Crippen LogP contribution in [-0.4, -0.2) is 28.1 Å². The zero-order chi connectivity index (χ0) is 22.2. The van der Waals surface area contributed by atoms with E-state index in [1.165, 1.54) is 17.8 Å². The fourth-order valence-corrected chi connectivity index (χ4v) is 6.47. The summed E-state index contributed by atoms with van der Waals surface area (Å²) in [6.07, 6.45) is 9.08. The number of aliphatic carboxylic acids is 1. The van der Waals surface area contributed by atoms with Crippen LogP contribution in [0.5, 0.6) is 5.75 Å². The summed E-state index contributed by atoms with van der Waals surface area (Å²) in [6.45, 7) is 4.64. The van der Waals surface area contributed by atoms with E-state index in [-0.39, 0.29) is 29.5 Å². The van der Waals surface area contributed by atoms with Crippen molar-refractivity contribution in [2.75, 3.05) is 0 Å². The number of rotatable bonds is 8. The predicted molar refractivity (Wildman–Crippen MR) is 123 cm³/mol. The third-order valence-electron chi connectivity index (χ3n) is 7.54. The lowest BCUT2D eigenvalue weighted by Gasteiger charge is -2.62. The van der Waals surface area contributed by atoms with Gasteiger partial charge in [-0.1, -0.05) is 26.0 Å². The third kappa shape index (κ3) is 4.36. The van der Waals surface area contributed by atoms with Gasteiger partial charge in [0.1, 0.15) is 5.75 Å². The summed E-state index contributed by atoms with van der Waals surface area (Å²) in [6, 6.07) is 5.30. The Morgan fingerprint density at radius 2 is 2.06 bits per heavy atom. The third-order valence-corrected chi connectivity index (χ3v) is 8.50. The number of amides is 1. The van der Waals surface area contributed by atoms with E-state index >= 15 is 0 Å². The molecule has 0 radical (unpaired) electrons. The number of benzene rings is 1. The number of carbonyl (C=O) groups is 2. The van der Waals surface area contributed by atoms with E-state index < -0.39 is 5.97 Å². The Labute approximate surface area is 187 Å². The quantitative estimate of drug-likeness (QED) is 0.368. The van der Waals surface area contributed by atoms with Gasteiger partial charge in [-0.25, -0.2) is 0 Å². The van der Waals surface area contributed by atoms with E-state index in [0.717, 1.165) is 29.3 Å². The van der Waals surface area contributed by atoms with Crippen molar-refractivity contribution in [2.24, 2.45) is 23.2 Å². The number of nitrogens with one attached hydrogen (secondary N) is 1. The van der Waals surface area contributed by atoms with Gasteiger partial charge in [-0.2, -0.15) is 0 Å². The molecule has 1 heterocycles. The zero-order valence-corrected chi connectivity index (χ0v) is 19.0. The van der Waals surface area contributed by atoms with Gasteiger partial charge in [0, 0.05) is 27.9 Å². The molecule has 5 rings (SSSR count). The number of unbranched alkanes of at least 4 members (excludes halogenated alkanes) is 1. The number of hydrogen-bond donors (Lipinski definition) is 3. The van der Waals surface area contributed by atoms with Crippen LogP contribution in [0.25, 0.3) is 10.1 Å². The molecule has 1 aromatic heterocycles. The summed E-state index contributed by atoms with van der Waals surface area (Å²) >= 11 is 1.52. The fourth-order valence-electron chi connectivity index (χ4n) is 5.55. The highest BCUT2D eigenvalue weighted by molar-refractivity contribution is 7.17. The van der Waals surface area contributed by atoms with Crippen molar-refractivity contribution < 1.29 is 19.8 Å². The Kier molecular flexibility index (Phi) is 6.11. The normalized spacial score (nSPS) is 26.6. The van der Waals surface area contributed by atoms with E-state index in [4.69, 9.17) is 5.11 Å². The first kappa shape index (κ1) is 21.9. The maximum absolute atomic E-state index is 13.2. The molecule has 1 amide bonds. The van der Waals surface area contributed by atoms with Gasteiger partial charge in [-0.05, 0) is 73.5 Å². The highest BCUT2D eigenvalue weighted by atomic mass is 32.1. The predicted octanol–water partition coefficient (Wildman–Crippen LogP) is 5.59. The van der Waals surface area contributed by atoms with Crippen LogP contribution >= 0.6 is 11.3 Å². The second-order valence-corrected chi connectivity index (χ2v) is 10.6. The molecule has 2 aromatic rings. The van der Waals surface area contributed by atoms with Crippen LogP contribution in [0.1, 0.15) is 62.7 Å². The van der Waals surface area contributed by atoms with Gasteiger partial charge in [0.2, 0.25) is 0 Å². The van der Waals surface area contributed by atoms with Crippen LogP contribution in [0.15, 0.2) is 35.7 Å². The van der Waals surface area contributed by atoms with Gasteiger partial charge in [0.05, 0.1) is 5.56 Å². The lowest BCUT2D eigenvalue weighted by Crippen LogP contribution is -2.63. The van der Waals surface area contributed by atoms with Crippen molar-refractivity contribution in [1.82, 2.24) is 5.32 Å². The van der Waals surface area contributed by atoms with E-state index in [1.54, 1.807) is 12.1 Å². The molecule has 6 heteroatoms. The Bertz CT molecular complexity index is 1010. The van der Waals surface area contributed by atoms with E-state index in [2.05, 4.69) is 31.3 Å². The molecule has 0 aliphatic heterocycles. The molecule has 3 aliphatic rings. The van der Waals surface area contributed by atoms with Crippen molar-refractivity contribution >= 4 is 33.3 Å². The van der Waals surface area contributed by atoms with Crippen molar-refractivity contribution in [3.63, 3.8) is 0 Å². The van der Waals surface area contributed by atoms with Crippen LogP contribution in [0.3, 0.4) is 0 Å². The summed E-state index contributed by atoms with van der Waals surface area (Å²) in [4.78, 5) is 23.9. The van der Waals surface area contributed by atoms with Crippen LogP contribution in [0, 0.1) is 23.2 Å². The molecule has 166 valence electrons. The average Bonchev–Trinajstić information content (AvgIpc) is 3.13. The SMILES string of the molecule is CC1(C)C2CC1[C@H](NC(=O)c1csc3ccc(O)cc13)[C@@H](C/C=C\CCCC(=O)O)C2. The molecule has 31 heavy (non-hydrogen) atoms. The number of phenols is 1. The number of thiophene rings is 1. The van der Waals surface area contributed by atoms with Gasteiger partial charge in [0.25, 0.3) is 5.91 Å². The molecule has 0 spiro atoms. The monoisotopic (exact) mass is 441 g/mol. The van der Waals surface area contributed by atoms with Crippen LogP contribution in [0.2, 0.25) is 0 Å². The number of aromatic hydroxyl groups is 1. The first-order chi connectivity index (χ1) is 14.8. The molecular formula is C25H31NO4S. The Morgan fingerprint density at radius 1 is 1.26 bits per heavy atom. The number of carboxylic acids is 1. The average molecular weight is 442 g/mol. The highest BCUT2D eigenvalue weighted by Gasteiger charge is 2.57. The summed E-state index contributed by atoms with van der Waals surface area (Å²) in [5.41, 5.74) is 0.882. The molecule has 2 unspecified atom stereocenters. The van der Waals surface area contributed by atoms with E-state index in [0.29, 0.717) is 29.7 Å². The molecule has 0 saturated heterocycles. The zero-order valence-electron chi connectivity index (χ0n) is 18.1. The van der Waals surface area contributed by atoms with Crippen molar-refractivity contribution in [2.45, 2.75) is 58.4 Å². The van der Waals surface area contributed by atoms with Gasteiger partial charge < -0.3 is 15.5 Å². The van der Waals surface area contributed by atoms with Crippen molar-refractivity contribution in [3.05, 3.63) is 41.3 Å². The molecular weight excluding hydrogens is 410 g/mol. The number of phenolic OH excluding ortho intramolecular Hbond substituents is 1. The summed E-state index contributed by atoms with van der Waals surface area (Å²) in [5, 5.41) is 24.7. The van der Waals surface area contributed by atoms with Gasteiger partial charge in [-0.3, -0.25) is 9.59 Å². The molecule has 5 nitrogen and oxygen atoms in total. The number of hydrogen-bond acceptors (Lipinski definition) is 4. The molecule has 1 aromatic carbocycles. The summed E-state index contributed by atoms with van der Waals surface area (Å²) in [5.74, 6) is 0.939. The minimum atomic E-state index is -0.750. The minimum absolute atomic E-state index is 0.0570. The molecule has 3 saturated carbocycles. The number of allylic oxidation sites excluding steroid dienone is 2. The topological polar surface area (TPSA) is 86.6 Å². The largest absolute Gasteiger partial charge is 0.508 e. The maximum atomic E-state index is 13.2. The minimum Gasteiger partial charge on any atom is -0.508 e. The smallest absolute Gasteiger partial charge is 0.303 e. The van der Waals surface area contributed by atoms with Crippen LogP contribution in [0.4, 0.5) is 0 Å². The van der Waals surface area contributed by atoms with Crippen molar-refractivity contribution in [3.8, 4) is 5.75 Å².